The van der Waals surface area contributed by atoms with Gasteiger partial charge in [-0.25, -0.2) is 0 Å². The summed E-state index contributed by atoms with van der Waals surface area (Å²) < 4.78 is 0.907. The standard InChI is InChI=1S/C12H10BrN3S/c1-8(12-6-15-7-17-12)16-11-3-2-10(13)4-9(11)5-14/h2-4,6-8,16H,1H3. The summed E-state index contributed by atoms with van der Waals surface area (Å²) in [5, 5.41) is 12.4. The molecule has 0 bridgehead atoms. The molecule has 17 heavy (non-hydrogen) atoms. The van der Waals surface area contributed by atoms with Gasteiger partial charge in [0.15, 0.2) is 0 Å². The number of nitrogens with one attached hydrogen (secondary N) is 1. The molecular formula is C12H10BrN3S. The van der Waals surface area contributed by atoms with Crippen LogP contribution in [-0.2, 0) is 0 Å². The Morgan fingerprint density at radius 3 is 3.00 bits per heavy atom. The first kappa shape index (κ1) is 12.1. The zero-order valence-corrected chi connectivity index (χ0v) is 11.5. The van der Waals surface area contributed by atoms with Crippen molar-refractivity contribution >= 4 is 33.0 Å². The first-order chi connectivity index (χ1) is 8.20. The highest BCUT2D eigenvalue weighted by atomic mass is 79.9. The van der Waals surface area contributed by atoms with Crippen LogP contribution in [0, 0.1) is 11.3 Å². The van der Waals surface area contributed by atoms with Crippen molar-refractivity contribution in [3.05, 3.63) is 44.8 Å². The molecule has 5 heteroatoms. The van der Waals surface area contributed by atoms with Crippen molar-refractivity contribution in [3.8, 4) is 6.07 Å². The fraction of sp³-hybridized carbons (Fsp3) is 0.167. The van der Waals surface area contributed by atoms with E-state index in [4.69, 9.17) is 5.26 Å². The minimum Gasteiger partial charge on any atom is -0.377 e. The van der Waals surface area contributed by atoms with E-state index in [2.05, 4.69) is 39.2 Å². The van der Waals surface area contributed by atoms with Crippen molar-refractivity contribution in [1.82, 2.24) is 4.98 Å². The second kappa shape index (κ2) is 5.30. The smallest absolute Gasteiger partial charge is 0.101 e. The average molecular weight is 308 g/mol. The van der Waals surface area contributed by atoms with Crippen LogP contribution in [0.4, 0.5) is 5.69 Å². The molecule has 1 aromatic carbocycles. The van der Waals surface area contributed by atoms with Gasteiger partial charge < -0.3 is 5.32 Å². The molecule has 0 radical (unpaired) electrons. The molecule has 1 atom stereocenters. The molecule has 0 amide bonds. The van der Waals surface area contributed by atoms with Crippen molar-refractivity contribution in [3.63, 3.8) is 0 Å². The number of hydrogen-bond acceptors (Lipinski definition) is 4. The lowest BCUT2D eigenvalue weighted by Gasteiger charge is -2.14. The Balaban J connectivity index is 2.22. The minimum atomic E-state index is 0.149. The molecule has 2 aromatic rings. The van der Waals surface area contributed by atoms with E-state index in [1.165, 1.54) is 0 Å². The largest absolute Gasteiger partial charge is 0.377 e. The van der Waals surface area contributed by atoms with Gasteiger partial charge in [-0.05, 0) is 25.1 Å². The molecule has 0 spiro atoms. The Labute approximate surface area is 112 Å². The molecule has 3 nitrogen and oxygen atoms in total. The lowest BCUT2D eigenvalue weighted by Crippen LogP contribution is -2.06. The van der Waals surface area contributed by atoms with Crippen LogP contribution in [0.1, 0.15) is 23.4 Å². The summed E-state index contributed by atoms with van der Waals surface area (Å²) in [6, 6.07) is 7.96. The van der Waals surface area contributed by atoms with E-state index in [-0.39, 0.29) is 6.04 Å². The lowest BCUT2D eigenvalue weighted by molar-refractivity contribution is 0.902. The Kier molecular flexibility index (Phi) is 3.77. The maximum Gasteiger partial charge on any atom is 0.101 e. The van der Waals surface area contributed by atoms with Gasteiger partial charge in [-0.15, -0.1) is 11.3 Å². The van der Waals surface area contributed by atoms with Crippen LogP contribution in [0.15, 0.2) is 34.4 Å². The molecule has 0 aliphatic rings. The van der Waals surface area contributed by atoms with Gasteiger partial charge in [0, 0.05) is 15.5 Å². The van der Waals surface area contributed by atoms with E-state index < -0.39 is 0 Å². The number of anilines is 1. The fourth-order valence-corrected chi connectivity index (χ4v) is 2.47. The summed E-state index contributed by atoms with van der Waals surface area (Å²) in [4.78, 5) is 5.20. The molecule has 0 aliphatic heterocycles. The van der Waals surface area contributed by atoms with Gasteiger partial charge in [0.25, 0.3) is 0 Å². The number of halogens is 1. The second-order valence-electron chi connectivity index (χ2n) is 3.57. The lowest BCUT2D eigenvalue weighted by atomic mass is 10.1. The Morgan fingerprint density at radius 2 is 2.35 bits per heavy atom. The summed E-state index contributed by atoms with van der Waals surface area (Å²) in [6.45, 7) is 2.05. The molecule has 2 rings (SSSR count). The van der Waals surface area contributed by atoms with E-state index in [0.717, 1.165) is 15.0 Å². The average Bonchev–Trinajstić information content (AvgIpc) is 2.85. The third kappa shape index (κ3) is 2.84. The number of aromatic nitrogens is 1. The van der Waals surface area contributed by atoms with Crippen LogP contribution in [0.3, 0.4) is 0 Å². The maximum atomic E-state index is 9.07. The highest BCUT2D eigenvalue weighted by molar-refractivity contribution is 9.10. The topological polar surface area (TPSA) is 48.7 Å². The van der Waals surface area contributed by atoms with Crippen LogP contribution in [0.5, 0.6) is 0 Å². The zero-order valence-electron chi connectivity index (χ0n) is 9.14. The summed E-state index contributed by atoms with van der Waals surface area (Å²) in [7, 11) is 0. The number of benzene rings is 1. The van der Waals surface area contributed by atoms with Crippen LogP contribution in [0.2, 0.25) is 0 Å². The second-order valence-corrected chi connectivity index (χ2v) is 5.41. The molecule has 1 heterocycles. The number of nitriles is 1. The normalized spacial score (nSPS) is 11.8. The van der Waals surface area contributed by atoms with Crippen molar-refractivity contribution in [2.75, 3.05) is 5.32 Å². The molecule has 0 fully saturated rings. The van der Waals surface area contributed by atoms with E-state index in [0.29, 0.717) is 5.56 Å². The SMILES string of the molecule is CC(Nc1ccc(Br)cc1C#N)c1cncs1. The van der Waals surface area contributed by atoms with Crippen LogP contribution in [-0.4, -0.2) is 4.98 Å². The predicted octanol–water partition coefficient (Wildman–Crippen LogP) is 3.95. The number of rotatable bonds is 3. The molecule has 1 unspecified atom stereocenters. The van der Waals surface area contributed by atoms with Gasteiger partial charge in [0.05, 0.1) is 22.8 Å². The van der Waals surface area contributed by atoms with E-state index in [9.17, 15) is 0 Å². The zero-order chi connectivity index (χ0) is 12.3. The first-order valence-electron chi connectivity index (χ1n) is 5.05. The van der Waals surface area contributed by atoms with E-state index in [1.54, 1.807) is 16.8 Å². The highest BCUT2D eigenvalue weighted by Gasteiger charge is 2.09. The molecular weight excluding hydrogens is 298 g/mol. The number of thiazole rings is 1. The predicted molar refractivity (Wildman–Crippen MR) is 73.0 cm³/mol. The Morgan fingerprint density at radius 1 is 1.53 bits per heavy atom. The third-order valence-corrected chi connectivity index (χ3v) is 3.80. The molecule has 86 valence electrons. The van der Waals surface area contributed by atoms with E-state index >= 15 is 0 Å². The molecule has 0 saturated heterocycles. The first-order valence-corrected chi connectivity index (χ1v) is 6.72. The van der Waals surface area contributed by atoms with Gasteiger partial charge in [-0.2, -0.15) is 5.26 Å². The minimum absolute atomic E-state index is 0.149. The van der Waals surface area contributed by atoms with Crippen LogP contribution in [0.25, 0.3) is 0 Å². The Hall–Kier alpha value is -1.38. The summed E-state index contributed by atoms with van der Waals surface area (Å²) in [5.74, 6) is 0. The van der Waals surface area contributed by atoms with Gasteiger partial charge in [0.2, 0.25) is 0 Å². The highest BCUT2D eigenvalue weighted by Crippen LogP contribution is 2.26. The number of nitrogens with zero attached hydrogens (tertiary/aromatic N) is 2. The Bertz CT molecular complexity index is 545. The summed E-state index contributed by atoms with van der Waals surface area (Å²) in [5.41, 5.74) is 3.28. The molecule has 1 aromatic heterocycles. The monoisotopic (exact) mass is 307 g/mol. The molecule has 0 saturated carbocycles. The quantitative estimate of drug-likeness (QED) is 0.934. The van der Waals surface area contributed by atoms with Crippen molar-refractivity contribution in [2.45, 2.75) is 13.0 Å². The third-order valence-electron chi connectivity index (χ3n) is 2.35. The van der Waals surface area contributed by atoms with Gasteiger partial charge >= 0.3 is 0 Å². The van der Waals surface area contributed by atoms with Crippen molar-refractivity contribution in [2.24, 2.45) is 0 Å². The summed E-state index contributed by atoms with van der Waals surface area (Å²) in [6.07, 6.45) is 1.84. The van der Waals surface area contributed by atoms with Crippen molar-refractivity contribution in [1.29, 1.82) is 5.26 Å². The molecule has 0 aliphatic carbocycles. The van der Waals surface area contributed by atoms with Crippen LogP contribution < -0.4 is 5.32 Å². The van der Waals surface area contributed by atoms with Gasteiger partial charge in [-0.3, -0.25) is 4.98 Å². The maximum absolute atomic E-state index is 9.07. The number of hydrogen-bond donors (Lipinski definition) is 1. The van der Waals surface area contributed by atoms with Crippen molar-refractivity contribution < 1.29 is 0 Å². The fourth-order valence-electron chi connectivity index (χ4n) is 1.48. The van der Waals surface area contributed by atoms with Crippen LogP contribution >= 0.6 is 27.3 Å². The van der Waals surface area contributed by atoms with E-state index in [1.807, 2.05) is 24.4 Å². The van der Waals surface area contributed by atoms with Gasteiger partial charge in [0.1, 0.15) is 6.07 Å². The summed E-state index contributed by atoms with van der Waals surface area (Å²) >= 11 is 4.96. The van der Waals surface area contributed by atoms with Gasteiger partial charge in [-0.1, -0.05) is 15.9 Å². The molecule has 1 N–H and O–H groups in total.